The number of unbranched alkanes of at least 4 members (excludes halogenated alkanes) is 16. The predicted octanol–water partition coefficient (Wildman–Crippen LogP) is 7.34. The maximum absolute atomic E-state index is 11.6. The maximum atomic E-state index is 11.6. The molecule has 0 aliphatic carbocycles. The van der Waals surface area contributed by atoms with E-state index in [0.717, 1.165) is 12.8 Å². The Kier molecular flexibility index (Phi) is 33.8. The highest BCUT2D eigenvalue weighted by molar-refractivity contribution is 5.69. The molecule has 206 valence electrons. The van der Waals surface area contributed by atoms with Crippen molar-refractivity contribution in [3.05, 3.63) is 0 Å². The molecular weight excluding hydrogens is 428 g/mol. The van der Waals surface area contributed by atoms with Gasteiger partial charge in [-0.2, -0.15) is 0 Å². The van der Waals surface area contributed by atoms with E-state index in [0.29, 0.717) is 25.9 Å². The molecule has 0 rings (SSSR count). The Balaban J connectivity index is 0. The Morgan fingerprint density at radius 2 is 1.00 bits per heavy atom. The first-order valence-electron chi connectivity index (χ1n) is 14.6. The summed E-state index contributed by atoms with van der Waals surface area (Å²) in [5.41, 5.74) is 0. The monoisotopic (exact) mass is 488 g/mol. The zero-order valence-electron chi connectivity index (χ0n) is 22.9. The molecule has 0 saturated heterocycles. The summed E-state index contributed by atoms with van der Waals surface area (Å²) in [6, 6.07) is 0. The van der Waals surface area contributed by atoms with Crippen molar-refractivity contribution in [1.29, 1.82) is 0 Å². The van der Waals surface area contributed by atoms with Crippen LogP contribution in [0.2, 0.25) is 0 Å². The largest absolute Gasteiger partial charge is 0.466 e. The van der Waals surface area contributed by atoms with E-state index in [1.807, 2.05) is 0 Å². The minimum absolute atomic E-state index is 0.0104. The molecule has 0 spiro atoms. The first-order valence-corrected chi connectivity index (χ1v) is 14.6. The van der Waals surface area contributed by atoms with Gasteiger partial charge in [0.25, 0.3) is 0 Å². The van der Waals surface area contributed by atoms with Gasteiger partial charge in [0.2, 0.25) is 0 Å². The van der Waals surface area contributed by atoms with Crippen LogP contribution in [0, 0.1) is 5.92 Å². The molecular formula is C29H60O5. The fourth-order valence-corrected chi connectivity index (χ4v) is 3.87. The van der Waals surface area contributed by atoms with Gasteiger partial charge in [-0.1, -0.05) is 117 Å². The van der Waals surface area contributed by atoms with Crippen LogP contribution >= 0.6 is 0 Å². The summed E-state index contributed by atoms with van der Waals surface area (Å²) in [7, 11) is 0. The van der Waals surface area contributed by atoms with Gasteiger partial charge in [0.1, 0.15) is 0 Å². The van der Waals surface area contributed by atoms with Crippen LogP contribution in [0.25, 0.3) is 0 Å². The molecule has 5 nitrogen and oxygen atoms in total. The third-order valence-corrected chi connectivity index (χ3v) is 6.28. The van der Waals surface area contributed by atoms with Crippen LogP contribution in [0.3, 0.4) is 0 Å². The minimum atomic E-state index is -0.0443. The zero-order chi connectivity index (χ0) is 25.5. The van der Waals surface area contributed by atoms with Crippen molar-refractivity contribution in [2.24, 2.45) is 5.92 Å². The number of hydrogen-bond acceptors (Lipinski definition) is 5. The van der Waals surface area contributed by atoms with Crippen LogP contribution in [0.4, 0.5) is 0 Å². The predicted molar refractivity (Wildman–Crippen MR) is 144 cm³/mol. The van der Waals surface area contributed by atoms with Crippen LogP contribution in [-0.2, 0) is 9.53 Å². The summed E-state index contributed by atoms with van der Waals surface area (Å²) in [4.78, 5) is 11.6. The Morgan fingerprint density at radius 3 is 1.41 bits per heavy atom. The molecule has 0 atom stereocenters. The van der Waals surface area contributed by atoms with Crippen molar-refractivity contribution in [3.63, 3.8) is 0 Å². The van der Waals surface area contributed by atoms with E-state index in [-0.39, 0.29) is 31.7 Å². The molecule has 0 unspecified atom stereocenters. The SMILES string of the molecule is CCCCCCCCCCCCCOC(=O)CCCCCCCCC.OCCCC(CO)CO. The number of carbonyl (C=O) groups is 1. The fraction of sp³-hybridized carbons (Fsp3) is 0.966. The third-order valence-electron chi connectivity index (χ3n) is 6.28. The second-order valence-corrected chi connectivity index (χ2v) is 9.72. The van der Waals surface area contributed by atoms with Crippen molar-refractivity contribution >= 4 is 5.97 Å². The average molecular weight is 489 g/mol. The second kappa shape index (κ2) is 32.4. The summed E-state index contributed by atoms with van der Waals surface area (Å²) < 4.78 is 5.33. The smallest absolute Gasteiger partial charge is 0.305 e. The molecule has 0 aliphatic rings. The molecule has 0 aromatic heterocycles. The van der Waals surface area contributed by atoms with Crippen LogP contribution in [0.1, 0.15) is 149 Å². The Morgan fingerprint density at radius 1 is 0.588 bits per heavy atom. The molecule has 3 N–H and O–H groups in total. The van der Waals surface area contributed by atoms with Gasteiger partial charge < -0.3 is 20.1 Å². The lowest BCUT2D eigenvalue weighted by Crippen LogP contribution is -2.11. The van der Waals surface area contributed by atoms with Crippen molar-refractivity contribution < 1.29 is 24.9 Å². The summed E-state index contributed by atoms with van der Waals surface area (Å²) >= 11 is 0. The molecule has 0 aliphatic heterocycles. The molecule has 0 aromatic carbocycles. The number of hydrogen-bond donors (Lipinski definition) is 3. The van der Waals surface area contributed by atoms with E-state index < -0.39 is 0 Å². The molecule has 0 saturated carbocycles. The van der Waals surface area contributed by atoms with Gasteiger partial charge in [0, 0.05) is 32.2 Å². The second-order valence-electron chi connectivity index (χ2n) is 9.72. The van der Waals surface area contributed by atoms with Crippen LogP contribution < -0.4 is 0 Å². The molecule has 0 amide bonds. The summed E-state index contributed by atoms with van der Waals surface area (Å²) in [5.74, 6) is -0.0298. The first-order chi connectivity index (χ1) is 16.7. The highest BCUT2D eigenvalue weighted by Gasteiger charge is 2.03. The van der Waals surface area contributed by atoms with Gasteiger partial charge in [0.05, 0.1) is 6.61 Å². The zero-order valence-corrected chi connectivity index (χ0v) is 22.9. The number of rotatable bonds is 25. The van der Waals surface area contributed by atoms with Crippen molar-refractivity contribution in [2.75, 3.05) is 26.4 Å². The van der Waals surface area contributed by atoms with Gasteiger partial charge in [-0.3, -0.25) is 4.79 Å². The van der Waals surface area contributed by atoms with Gasteiger partial charge in [-0.25, -0.2) is 0 Å². The van der Waals surface area contributed by atoms with E-state index >= 15 is 0 Å². The first kappa shape index (κ1) is 35.5. The van der Waals surface area contributed by atoms with E-state index in [1.54, 1.807) is 0 Å². The molecule has 5 heteroatoms. The van der Waals surface area contributed by atoms with Gasteiger partial charge >= 0.3 is 5.97 Å². The van der Waals surface area contributed by atoms with Crippen molar-refractivity contribution in [1.82, 2.24) is 0 Å². The van der Waals surface area contributed by atoms with Crippen molar-refractivity contribution in [3.8, 4) is 0 Å². The van der Waals surface area contributed by atoms with Gasteiger partial charge in [0.15, 0.2) is 0 Å². The van der Waals surface area contributed by atoms with Crippen LogP contribution in [0.15, 0.2) is 0 Å². The van der Waals surface area contributed by atoms with Crippen LogP contribution in [0.5, 0.6) is 0 Å². The van der Waals surface area contributed by atoms with E-state index in [9.17, 15) is 4.79 Å². The Hall–Kier alpha value is -0.650. The van der Waals surface area contributed by atoms with E-state index in [1.165, 1.54) is 103 Å². The summed E-state index contributed by atoms with van der Waals surface area (Å²) in [6.07, 6.45) is 25.4. The van der Waals surface area contributed by atoms with Gasteiger partial charge in [-0.15, -0.1) is 0 Å². The molecule has 0 heterocycles. The molecule has 0 radical (unpaired) electrons. The third kappa shape index (κ3) is 31.4. The normalized spacial score (nSPS) is 10.9. The molecule has 0 fully saturated rings. The minimum Gasteiger partial charge on any atom is -0.466 e. The van der Waals surface area contributed by atoms with Crippen LogP contribution in [-0.4, -0.2) is 47.7 Å². The van der Waals surface area contributed by atoms with E-state index in [4.69, 9.17) is 20.1 Å². The Bertz CT molecular complexity index is 372. The number of aliphatic hydroxyl groups is 3. The Labute approximate surface area is 212 Å². The molecule has 34 heavy (non-hydrogen) atoms. The average Bonchev–Trinajstić information content (AvgIpc) is 2.85. The molecule has 0 aromatic rings. The van der Waals surface area contributed by atoms with E-state index in [2.05, 4.69) is 13.8 Å². The van der Waals surface area contributed by atoms with Gasteiger partial charge in [-0.05, 0) is 25.7 Å². The standard InChI is InChI=1S/C23H46O2.C6H14O3/c1-3-5-7-9-11-12-13-14-16-18-20-22-25-23(24)21-19-17-15-10-8-6-4-2;7-3-1-2-6(4-8)5-9/h3-22H2,1-2H3;6-9H,1-5H2. The quantitative estimate of drug-likeness (QED) is 0.0924. The highest BCUT2D eigenvalue weighted by Crippen LogP contribution is 2.12. The maximum Gasteiger partial charge on any atom is 0.305 e. The summed E-state index contributed by atoms with van der Waals surface area (Å²) in [6.45, 7) is 5.30. The molecule has 0 bridgehead atoms. The topological polar surface area (TPSA) is 87.0 Å². The lowest BCUT2D eigenvalue weighted by atomic mass is 10.1. The summed E-state index contributed by atoms with van der Waals surface area (Å²) in [5, 5.41) is 25.4. The lowest BCUT2D eigenvalue weighted by molar-refractivity contribution is -0.143. The lowest BCUT2D eigenvalue weighted by Gasteiger charge is -2.07. The highest BCUT2D eigenvalue weighted by atomic mass is 16.5. The number of aliphatic hydroxyl groups excluding tert-OH is 3. The number of carbonyl (C=O) groups excluding carboxylic acids is 1. The van der Waals surface area contributed by atoms with Crippen molar-refractivity contribution in [2.45, 2.75) is 149 Å². The number of ether oxygens (including phenoxy) is 1. The number of esters is 1. The fourth-order valence-electron chi connectivity index (χ4n) is 3.87.